The van der Waals surface area contributed by atoms with Crippen LogP contribution < -0.4 is 15.4 Å². The van der Waals surface area contributed by atoms with Gasteiger partial charge in [-0.2, -0.15) is 0 Å². The Bertz CT molecular complexity index is 832. The van der Waals surface area contributed by atoms with Crippen LogP contribution in [0.5, 0.6) is 0 Å². The van der Waals surface area contributed by atoms with Gasteiger partial charge in [-0.05, 0) is 44.5 Å². The topological polar surface area (TPSA) is 118 Å². The molecule has 0 fully saturated rings. The highest BCUT2D eigenvalue weighted by Crippen LogP contribution is 2.15. The molecule has 2 rings (SSSR count). The number of amides is 2. The van der Waals surface area contributed by atoms with Gasteiger partial charge in [0.15, 0.2) is 5.82 Å². The number of sulfonamides is 1. The SMILES string of the molecule is CCCNS(=O)(=O)c1ccc(NC(=O)N[C@@H](C)c2nncn2CC)cc1. The molecule has 3 N–H and O–H groups in total. The summed E-state index contributed by atoms with van der Waals surface area (Å²) < 4.78 is 28.4. The van der Waals surface area contributed by atoms with E-state index in [4.69, 9.17) is 0 Å². The Labute approximate surface area is 153 Å². The predicted octanol–water partition coefficient (Wildman–Crippen LogP) is 1.87. The highest BCUT2D eigenvalue weighted by atomic mass is 32.2. The summed E-state index contributed by atoms with van der Waals surface area (Å²) in [5.74, 6) is 0.658. The normalized spacial score (nSPS) is 12.6. The first-order chi connectivity index (χ1) is 12.4. The third-order valence-electron chi connectivity index (χ3n) is 3.69. The molecule has 0 aliphatic heterocycles. The number of hydrogen-bond acceptors (Lipinski definition) is 5. The molecule has 1 aromatic carbocycles. The number of hydrogen-bond donors (Lipinski definition) is 3. The second kappa shape index (κ2) is 8.77. The highest BCUT2D eigenvalue weighted by molar-refractivity contribution is 7.89. The van der Waals surface area contributed by atoms with Crippen LogP contribution in [0.4, 0.5) is 10.5 Å². The van der Waals surface area contributed by atoms with Gasteiger partial charge in [0.25, 0.3) is 0 Å². The quantitative estimate of drug-likeness (QED) is 0.646. The average molecular weight is 380 g/mol. The smallest absolute Gasteiger partial charge is 0.319 e. The van der Waals surface area contributed by atoms with Crippen molar-refractivity contribution in [2.24, 2.45) is 0 Å². The average Bonchev–Trinajstić information content (AvgIpc) is 3.09. The maximum Gasteiger partial charge on any atom is 0.319 e. The van der Waals surface area contributed by atoms with E-state index in [1.165, 1.54) is 12.1 Å². The number of benzene rings is 1. The second-order valence-electron chi connectivity index (χ2n) is 5.72. The largest absolute Gasteiger partial charge is 0.328 e. The summed E-state index contributed by atoms with van der Waals surface area (Å²) in [6, 6.07) is 5.24. The van der Waals surface area contributed by atoms with Crippen molar-refractivity contribution in [3.05, 3.63) is 36.4 Å². The van der Waals surface area contributed by atoms with Crippen LogP contribution in [-0.4, -0.2) is 35.8 Å². The molecule has 10 heteroatoms. The molecular weight excluding hydrogens is 356 g/mol. The van der Waals surface area contributed by atoms with Crippen LogP contribution in [0, 0.1) is 0 Å². The van der Waals surface area contributed by atoms with E-state index in [0.717, 1.165) is 0 Å². The van der Waals surface area contributed by atoms with E-state index in [9.17, 15) is 13.2 Å². The van der Waals surface area contributed by atoms with Crippen LogP contribution in [0.2, 0.25) is 0 Å². The van der Waals surface area contributed by atoms with Crippen LogP contribution in [-0.2, 0) is 16.6 Å². The Kier molecular flexibility index (Phi) is 6.70. The molecule has 1 aromatic heterocycles. The fourth-order valence-electron chi connectivity index (χ4n) is 2.31. The molecule has 0 unspecified atom stereocenters. The monoisotopic (exact) mass is 380 g/mol. The van der Waals surface area contributed by atoms with Crippen molar-refractivity contribution in [3.8, 4) is 0 Å². The zero-order chi connectivity index (χ0) is 19.2. The molecule has 2 aromatic rings. The first-order valence-corrected chi connectivity index (χ1v) is 9.90. The zero-order valence-corrected chi connectivity index (χ0v) is 15.9. The third kappa shape index (κ3) is 5.02. The van der Waals surface area contributed by atoms with E-state index in [-0.39, 0.29) is 10.9 Å². The van der Waals surface area contributed by atoms with Crippen LogP contribution in [0.1, 0.15) is 39.1 Å². The Hall–Kier alpha value is -2.46. The standard InChI is InChI=1S/C16H24N6O3S/c1-4-10-18-26(24,25)14-8-6-13(7-9-14)20-16(23)19-12(3)15-21-17-11-22(15)5-2/h6-9,11-12,18H,4-5,10H2,1-3H3,(H2,19,20,23)/t12-/m0/s1. The highest BCUT2D eigenvalue weighted by Gasteiger charge is 2.16. The number of carbonyl (C=O) groups is 1. The molecule has 0 bridgehead atoms. The van der Waals surface area contributed by atoms with Gasteiger partial charge in [0.2, 0.25) is 10.0 Å². The number of urea groups is 1. The molecule has 0 aliphatic rings. The van der Waals surface area contributed by atoms with Crippen molar-refractivity contribution < 1.29 is 13.2 Å². The van der Waals surface area contributed by atoms with Gasteiger partial charge < -0.3 is 15.2 Å². The lowest BCUT2D eigenvalue weighted by molar-refractivity contribution is 0.248. The molecule has 0 aliphatic carbocycles. The lowest BCUT2D eigenvalue weighted by Gasteiger charge is -2.15. The number of nitrogens with zero attached hydrogens (tertiary/aromatic N) is 3. The molecule has 2 amide bonds. The van der Waals surface area contributed by atoms with E-state index in [1.807, 2.05) is 25.3 Å². The minimum absolute atomic E-state index is 0.154. The van der Waals surface area contributed by atoms with Gasteiger partial charge in [-0.1, -0.05) is 6.92 Å². The number of carbonyl (C=O) groups excluding carboxylic acids is 1. The van der Waals surface area contributed by atoms with Gasteiger partial charge in [-0.3, -0.25) is 0 Å². The van der Waals surface area contributed by atoms with Crippen molar-refractivity contribution in [1.82, 2.24) is 24.8 Å². The predicted molar refractivity (Wildman–Crippen MR) is 98.2 cm³/mol. The summed E-state index contributed by atoms with van der Waals surface area (Å²) in [5.41, 5.74) is 0.487. The molecular formula is C16H24N6O3S. The summed E-state index contributed by atoms with van der Waals surface area (Å²) in [6.07, 6.45) is 2.32. The Morgan fingerprint density at radius 1 is 1.23 bits per heavy atom. The zero-order valence-electron chi connectivity index (χ0n) is 15.1. The van der Waals surface area contributed by atoms with Crippen LogP contribution in [0.25, 0.3) is 0 Å². The van der Waals surface area contributed by atoms with Gasteiger partial charge >= 0.3 is 6.03 Å². The molecule has 0 saturated heterocycles. The van der Waals surface area contributed by atoms with Crippen LogP contribution in [0.3, 0.4) is 0 Å². The lowest BCUT2D eigenvalue weighted by atomic mass is 10.3. The van der Waals surface area contributed by atoms with E-state index in [2.05, 4.69) is 25.6 Å². The van der Waals surface area contributed by atoms with Crippen molar-refractivity contribution in [2.75, 3.05) is 11.9 Å². The molecule has 0 spiro atoms. The summed E-state index contributed by atoms with van der Waals surface area (Å²) in [7, 11) is -3.52. The molecule has 142 valence electrons. The van der Waals surface area contributed by atoms with Gasteiger partial charge in [0, 0.05) is 18.8 Å². The summed E-state index contributed by atoms with van der Waals surface area (Å²) in [4.78, 5) is 12.3. The van der Waals surface area contributed by atoms with E-state index >= 15 is 0 Å². The summed E-state index contributed by atoms with van der Waals surface area (Å²) in [5, 5.41) is 13.3. The van der Waals surface area contributed by atoms with Gasteiger partial charge in [0.05, 0.1) is 10.9 Å². The molecule has 0 saturated carbocycles. The third-order valence-corrected chi connectivity index (χ3v) is 5.16. The first-order valence-electron chi connectivity index (χ1n) is 8.42. The molecule has 26 heavy (non-hydrogen) atoms. The van der Waals surface area contributed by atoms with Gasteiger partial charge in [-0.15, -0.1) is 10.2 Å². The minimum Gasteiger partial charge on any atom is -0.328 e. The number of nitrogens with one attached hydrogen (secondary N) is 3. The molecule has 0 radical (unpaired) electrons. The summed E-state index contributed by atoms with van der Waals surface area (Å²) >= 11 is 0. The number of rotatable bonds is 8. The van der Waals surface area contributed by atoms with Gasteiger partial charge in [0.1, 0.15) is 6.33 Å². The van der Waals surface area contributed by atoms with E-state index < -0.39 is 16.1 Å². The number of aromatic nitrogens is 3. The fraction of sp³-hybridized carbons (Fsp3) is 0.438. The number of anilines is 1. The van der Waals surface area contributed by atoms with Crippen molar-refractivity contribution in [1.29, 1.82) is 0 Å². The lowest BCUT2D eigenvalue weighted by Crippen LogP contribution is -2.32. The number of aryl methyl sites for hydroxylation is 1. The van der Waals surface area contributed by atoms with Gasteiger partial charge in [-0.25, -0.2) is 17.9 Å². The van der Waals surface area contributed by atoms with Crippen molar-refractivity contribution in [2.45, 2.75) is 44.7 Å². The minimum atomic E-state index is -3.52. The van der Waals surface area contributed by atoms with E-state index in [0.29, 0.717) is 31.0 Å². The fourth-order valence-corrected chi connectivity index (χ4v) is 3.44. The van der Waals surface area contributed by atoms with E-state index in [1.54, 1.807) is 18.5 Å². The molecule has 1 atom stereocenters. The Balaban J connectivity index is 1.97. The first kappa shape index (κ1) is 19.9. The van der Waals surface area contributed by atoms with Crippen LogP contribution in [0.15, 0.2) is 35.5 Å². The van der Waals surface area contributed by atoms with Crippen molar-refractivity contribution >= 4 is 21.7 Å². The molecule has 1 heterocycles. The Morgan fingerprint density at radius 2 is 1.92 bits per heavy atom. The Morgan fingerprint density at radius 3 is 2.54 bits per heavy atom. The molecule has 9 nitrogen and oxygen atoms in total. The van der Waals surface area contributed by atoms with Crippen LogP contribution >= 0.6 is 0 Å². The maximum atomic E-state index is 12.1. The summed E-state index contributed by atoms with van der Waals surface area (Å²) in [6.45, 7) is 6.75. The maximum absolute atomic E-state index is 12.1. The van der Waals surface area contributed by atoms with Crippen molar-refractivity contribution in [3.63, 3.8) is 0 Å². The second-order valence-corrected chi connectivity index (χ2v) is 7.48.